The van der Waals surface area contributed by atoms with E-state index in [4.69, 9.17) is 16.1 Å². The van der Waals surface area contributed by atoms with Crippen LogP contribution < -0.4 is 0 Å². The van der Waals surface area contributed by atoms with Crippen molar-refractivity contribution in [2.75, 3.05) is 13.1 Å². The molecule has 0 radical (unpaired) electrons. The van der Waals surface area contributed by atoms with Crippen LogP contribution in [-0.4, -0.2) is 49.0 Å². The van der Waals surface area contributed by atoms with Crippen LogP contribution in [0.15, 0.2) is 65.3 Å². The van der Waals surface area contributed by atoms with Gasteiger partial charge in [0, 0.05) is 29.2 Å². The Morgan fingerprint density at radius 2 is 1.87 bits per heavy atom. The molecule has 5 rings (SSSR count). The van der Waals surface area contributed by atoms with Gasteiger partial charge in [-0.3, -0.25) is 4.79 Å². The highest BCUT2D eigenvalue weighted by molar-refractivity contribution is 6.30. The summed E-state index contributed by atoms with van der Waals surface area (Å²) < 4.78 is 7.19. The molecule has 1 aliphatic heterocycles. The van der Waals surface area contributed by atoms with Gasteiger partial charge in [0.15, 0.2) is 5.69 Å². The minimum Gasteiger partial charge on any atom is -0.338 e. The van der Waals surface area contributed by atoms with Crippen molar-refractivity contribution in [1.82, 2.24) is 30.0 Å². The number of benzene rings is 2. The highest BCUT2D eigenvalue weighted by Gasteiger charge is 2.26. The summed E-state index contributed by atoms with van der Waals surface area (Å²) >= 11 is 6.01. The summed E-state index contributed by atoms with van der Waals surface area (Å²) in [7, 11) is 0. The molecule has 2 aromatic heterocycles. The zero-order chi connectivity index (χ0) is 21.2. The number of likely N-dealkylation sites (tertiary alicyclic amines) is 1. The normalized spacial score (nSPS) is 14.7. The molecule has 1 aliphatic rings. The highest BCUT2D eigenvalue weighted by Crippen LogP contribution is 2.26. The first-order valence-corrected chi connectivity index (χ1v) is 10.4. The smallest absolute Gasteiger partial charge is 0.280 e. The second kappa shape index (κ2) is 8.31. The predicted molar refractivity (Wildman–Crippen MR) is 114 cm³/mol. The summed E-state index contributed by atoms with van der Waals surface area (Å²) in [4.78, 5) is 19.0. The molecule has 0 atom stereocenters. The average molecular weight is 435 g/mol. The van der Waals surface area contributed by atoms with Crippen molar-refractivity contribution in [1.29, 1.82) is 0 Å². The largest absolute Gasteiger partial charge is 0.338 e. The van der Waals surface area contributed by atoms with Crippen molar-refractivity contribution in [3.63, 3.8) is 0 Å². The first-order valence-electron chi connectivity index (χ1n) is 10.0. The fourth-order valence-corrected chi connectivity index (χ4v) is 3.91. The SMILES string of the molecule is O=C(c1cccc(Cl)c1)N1CCC(n2cc(-c3nc(-c4ccccc4)no3)nn2)CC1. The average Bonchev–Trinajstić information content (AvgIpc) is 3.49. The van der Waals surface area contributed by atoms with E-state index in [0.717, 1.165) is 18.4 Å². The van der Waals surface area contributed by atoms with Gasteiger partial charge in [-0.05, 0) is 31.0 Å². The van der Waals surface area contributed by atoms with Gasteiger partial charge in [0.2, 0.25) is 5.82 Å². The maximum Gasteiger partial charge on any atom is 0.280 e. The molecule has 1 saturated heterocycles. The summed E-state index contributed by atoms with van der Waals surface area (Å²) in [6.45, 7) is 1.29. The summed E-state index contributed by atoms with van der Waals surface area (Å²) in [5.74, 6) is 0.844. The maximum atomic E-state index is 12.7. The van der Waals surface area contributed by atoms with E-state index >= 15 is 0 Å². The van der Waals surface area contributed by atoms with E-state index in [9.17, 15) is 4.79 Å². The molecule has 156 valence electrons. The molecule has 0 unspecified atom stereocenters. The Bertz CT molecular complexity index is 1200. The lowest BCUT2D eigenvalue weighted by molar-refractivity contribution is 0.0689. The fraction of sp³-hybridized carbons (Fsp3) is 0.227. The minimum atomic E-state index is -0.000435. The second-order valence-electron chi connectivity index (χ2n) is 7.41. The lowest BCUT2D eigenvalue weighted by Crippen LogP contribution is -2.39. The van der Waals surface area contributed by atoms with Gasteiger partial charge >= 0.3 is 0 Å². The standard InChI is InChI=1S/C22H19ClN6O2/c23-17-8-4-7-16(13-17)22(30)28-11-9-18(10-12-28)29-14-19(25-27-29)21-24-20(26-31-21)15-5-2-1-3-6-15/h1-8,13-14,18H,9-12H2. The molecule has 9 heteroatoms. The van der Waals surface area contributed by atoms with Crippen LogP contribution in [0.4, 0.5) is 0 Å². The molecule has 31 heavy (non-hydrogen) atoms. The number of carbonyl (C=O) groups excluding carboxylic acids is 1. The van der Waals surface area contributed by atoms with Crippen molar-refractivity contribution in [3.05, 3.63) is 71.4 Å². The molecule has 0 N–H and O–H groups in total. The first kappa shape index (κ1) is 19.4. The molecule has 0 bridgehead atoms. The lowest BCUT2D eigenvalue weighted by atomic mass is 10.0. The van der Waals surface area contributed by atoms with Gasteiger partial charge in [0.1, 0.15) is 0 Å². The minimum absolute atomic E-state index is 0.000435. The van der Waals surface area contributed by atoms with Crippen LogP contribution in [0.3, 0.4) is 0 Å². The Balaban J connectivity index is 1.24. The molecule has 2 aromatic carbocycles. The van der Waals surface area contributed by atoms with E-state index in [1.807, 2.05) is 46.1 Å². The number of carbonyl (C=O) groups is 1. The molecule has 1 fully saturated rings. The Morgan fingerprint density at radius 1 is 1.06 bits per heavy atom. The summed E-state index contributed by atoms with van der Waals surface area (Å²) in [5.41, 5.74) is 2.02. The Kier molecular flexibility index (Phi) is 5.21. The summed E-state index contributed by atoms with van der Waals surface area (Å²) in [6.07, 6.45) is 3.39. The van der Waals surface area contributed by atoms with E-state index in [1.165, 1.54) is 0 Å². The molecule has 0 spiro atoms. The maximum absolute atomic E-state index is 12.7. The predicted octanol–water partition coefficient (Wildman–Crippen LogP) is 4.13. The fourth-order valence-electron chi connectivity index (χ4n) is 3.72. The van der Waals surface area contributed by atoms with E-state index in [1.54, 1.807) is 24.3 Å². The van der Waals surface area contributed by atoms with Crippen LogP contribution in [-0.2, 0) is 0 Å². The van der Waals surface area contributed by atoms with Gasteiger partial charge in [-0.2, -0.15) is 4.98 Å². The Morgan fingerprint density at radius 3 is 2.65 bits per heavy atom. The van der Waals surface area contributed by atoms with Gasteiger partial charge in [-0.15, -0.1) is 5.10 Å². The zero-order valence-electron chi connectivity index (χ0n) is 16.6. The van der Waals surface area contributed by atoms with Gasteiger partial charge in [-0.1, -0.05) is 58.4 Å². The lowest BCUT2D eigenvalue weighted by Gasteiger charge is -2.31. The van der Waals surface area contributed by atoms with Crippen molar-refractivity contribution in [2.45, 2.75) is 18.9 Å². The van der Waals surface area contributed by atoms with E-state index in [-0.39, 0.29) is 11.9 Å². The second-order valence-corrected chi connectivity index (χ2v) is 7.84. The van der Waals surface area contributed by atoms with Crippen molar-refractivity contribution < 1.29 is 9.32 Å². The zero-order valence-corrected chi connectivity index (χ0v) is 17.3. The molecule has 0 aliphatic carbocycles. The number of amides is 1. The quantitative estimate of drug-likeness (QED) is 0.479. The topological polar surface area (TPSA) is 89.9 Å². The molecule has 4 aromatic rings. The van der Waals surface area contributed by atoms with E-state index in [0.29, 0.717) is 41.1 Å². The molecule has 3 heterocycles. The van der Waals surface area contributed by atoms with Crippen LogP contribution in [0.1, 0.15) is 29.2 Å². The van der Waals surface area contributed by atoms with E-state index in [2.05, 4.69) is 20.5 Å². The van der Waals surface area contributed by atoms with Crippen LogP contribution >= 0.6 is 11.6 Å². The number of rotatable bonds is 4. The van der Waals surface area contributed by atoms with Crippen molar-refractivity contribution in [3.8, 4) is 23.0 Å². The third-order valence-corrected chi connectivity index (χ3v) is 5.62. The van der Waals surface area contributed by atoms with Crippen LogP contribution in [0.2, 0.25) is 5.02 Å². The number of halogens is 1. The first-order chi connectivity index (χ1) is 15.2. The Hall–Kier alpha value is -3.52. The third-order valence-electron chi connectivity index (χ3n) is 5.38. The number of hydrogen-bond acceptors (Lipinski definition) is 6. The molecular weight excluding hydrogens is 416 g/mol. The van der Waals surface area contributed by atoms with Gasteiger partial charge in [0.05, 0.1) is 12.2 Å². The van der Waals surface area contributed by atoms with Gasteiger partial charge in [-0.25, -0.2) is 4.68 Å². The third kappa shape index (κ3) is 4.06. The monoisotopic (exact) mass is 434 g/mol. The van der Waals surface area contributed by atoms with Crippen LogP contribution in [0, 0.1) is 0 Å². The van der Waals surface area contributed by atoms with Gasteiger partial charge < -0.3 is 9.42 Å². The van der Waals surface area contributed by atoms with Crippen molar-refractivity contribution in [2.24, 2.45) is 0 Å². The number of hydrogen-bond donors (Lipinski definition) is 0. The molecule has 8 nitrogen and oxygen atoms in total. The molecular formula is C22H19ClN6O2. The van der Waals surface area contributed by atoms with Crippen LogP contribution in [0.5, 0.6) is 0 Å². The highest BCUT2D eigenvalue weighted by atomic mass is 35.5. The van der Waals surface area contributed by atoms with Crippen LogP contribution in [0.25, 0.3) is 23.0 Å². The Labute approximate surface area is 183 Å². The van der Waals surface area contributed by atoms with Crippen molar-refractivity contribution >= 4 is 17.5 Å². The molecule has 0 saturated carbocycles. The number of nitrogens with zero attached hydrogens (tertiary/aromatic N) is 6. The number of aromatic nitrogens is 5. The summed E-state index contributed by atoms with van der Waals surface area (Å²) in [6, 6.07) is 16.8. The summed E-state index contributed by atoms with van der Waals surface area (Å²) in [5, 5.41) is 13.1. The number of piperidine rings is 1. The molecule has 1 amide bonds. The van der Waals surface area contributed by atoms with E-state index < -0.39 is 0 Å². The van der Waals surface area contributed by atoms with Gasteiger partial charge in [0.25, 0.3) is 11.8 Å².